The van der Waals surface area contributed by atoms with Gasteiger partial charge >= 0.3 is 0 Å². The zero-order chi connectivity index (χ0) is 27.7. The van der Waals surface area contributed by atoms with Crippen LogP contribution in [0, 0.1) is 5.82 Å². The predicted molar refractivity (Wildman–Crippen MR) is 143 cm³/mol. The average molecular weight is 548 g/mol. The largest absolute Gasteiger partial charge is 0.379 e. The highest BCUT2D eigenvalue weighted by atomic mass is 32.2. The topological polar surface area (TPSA) is 105 Å². The third-order valence-electron chi connectivity index (χ3n) is 6.27. The monoisotopic (exact) mass is 547 g/mol. The molecule has 38 heavy (non-hydrogen) atoms. The summed E-state index contributed by atoms with van der Waals surface area (Å²) in [4.78, 5) is 27.8. The van der Waals surface area contributed by atoms with Crippen molar-refractivity contribution in [3.05, 3.63) is 65.5 Å². The normalized spacial score (nSPS) is 14.3. The molecule has 0 radical (unpaired) electrons. The van der Waals surface area contributed by atoms with Gasteiger partial charge in [0.15, 0.2) is 0 Å². The third-order valence-corrected chi connectivity index (χ3v) is 7.80. The van der Waals surface area contributed by atoms with Gasteiger partial charge in [-0.05, 0) is 81.8 Å². The maximum Gasteiger partial charge on any atom is 0.242 e. The Kier molecular flexibility index (Phi) is 10.8. The first kappa shape index (κ1) is 29.7. The van der Waals surface area contributed by atoms with Gasteiger partial charge in [0.1, 0.15) is 11.9 Å². The number of benzene rings is 2. The van der Waals surface area contributed by atoms with Crippen molar-refractivity contribution >= 4 is 21.8 Å². The van der Waals surface area contributed by atoms with E-state index in [2.05, 4.69) is 10.0 Å². The first-order chi connectivity index (χ1) is 18.0. The molecule has 0 aromatic heterocycles. The number of hydrogen-bond acceptors (Lipinski definition) is 5. The van der Waals surface area contributed by atoms with Gasteiger partial charge in [0, 0.05) is 32.2 Å². The summed E-state index contributed by atoms with van der Waals surface area (Å²) in [5, 5.41) is 2.86. The summed E-state index contributed by atoms with van der Waals surface area (Å²) in [5.74, 6) is -0.881. The van der Waals surface area contributed by atoms with Gasteiger partial charge in [0.2, 0.25) is 21.8 Å². The number of hydrogen-bond donors (Lipinski definition) is 2. The van der Waals surface area contributed by atoms with Crippen LogP contribution in [0.5, 0.6) is 0 Å². The van der Waals surface area contributed by atoms with Crippen LogP contribution in [0.4, 0.5) is 4.39 Å². The predicted octanol–water partition coefficient (Wildman–Crippen LogP) is 3.55. The first-order valence-corrected chi connectivity index (χ1v) is 14.6. The molecule has 208 valence electrons. The van der Waals surface area contributed by atoms with Crippen LogP contribution >= 0.6 is 0 Å². The maximum atomic E-state index is 13.4. The van der Waals surface area contributed by atoms with E-state index in [1.54, 1.807) is 43.3 Å². The van der Waals surface area contributed by atoms with Crippen LogP contribution in [-0.4, -0.2) is 56.5 Å². The van der Waals surface area contributed by atoms with Gasteiger partial charge in [-0.25, -0.2) is 17.5 Å². The van der Waals surface area contributed by atoms with Gasteiger partial charge in [-0.2, -0.15) is 0 Å². The second kappa shape index (κ2) is 13.8. The SMILES string of the molecule is CC(C)OCCCNC(=O)[C@H](C)N(Cc1ccc(F)cc1)C(=O)CCc1ccc(S(=O)(=O)NC2CC2)cc1. The molecular weight excluding hydrogens is 509 g/mol. The number of nitrogens with one attached hydrogen (secondary N) is 2. The number of carbonyl (C=O) groups excluding carboxylic acids is 2. The van der Waals surface area contributed by atoms with E-state index in [0.717, 1.165) is 18.4 Å². The van der Waals surface area contributed by atoms with E-state index < -0.39 is 16.1 Å². The van der Waals surface area contributed by atoms with Crippen LogP contribution in [0.15, 0.2) is 53.4 Å². The second-order valence-corrected chi connectivity index (χ2v) is 11.6. The van der Waals surface area contributed by atoms with E-state index in [-0.39, 0.29) is 47.6 Å². The Morgan fingerprint density at radius 3 is 2.26 bits per heavy atom. The molecular formula is C28H38FN3O5S. The highest BCUT2D eigenvalue weighted by Crippen LogP contribution is 2.22. The average Bonchev–Trinajstić information content (AvgIpc) is 3.69. The number of aryl methyl sites for hydroxylation is 1. The summed E-state index contributed by atoms with van der Waals surface area (Å²) >= 11 is 0. The fraction of sp³-hybridized carbons (Fsp3) is 0.500. The summed E-state index contributed by atoms with van der Waals surface area (Å²) in [6.45, 7) is 6.69. The second-order valence-electron chi connectivity index (χ2n) is 9.93. The fourth-order valence-corrected chi connectivity index (χ4v) is 5.14. The number of rotatable bonds is 15. The van der Waals surface area contributed by atoms with Gasteiger partial charge < -0.3 is 15.0 Å². The molecule has 0 spiro atoms. The summed E-state index contributed by atoms with van der Waals surface area (Å²) < 4.78 is 46.3. The zero-order valence-electron chi connectivity index (χ0n) is 22.3. The molecule has 3 rings (SSSR count). The molecule has 2 amide bonds. The molecule has 0 bridgehead atoms. The van der Waals surface area contributed by atoms with Crippen molar-refractivity contribution in [2.75, 3.05) is 13.2 Å². The molecule has 8 nitrogen and oxygen atoms in total. The molecule has 1 atom stereocenters. The van der Waals surface area contributed by atoms with Gasteiger partial charge in [-0.15, -0.1) is 0 Å². The number of halogens is 1. The Labute approximate surface area is 225 Å². The van der Waals surface area contributed by atoms with Crippen molar-refractivity contribution in [2.45, 2.75) is 82.5 Å². The molecule has 1 fully saturated rings. The number of amides is 2. The lowest BCUT2D eigenvalue weighted by Gasteiger charge is -2.29. The minimum atomic E-state index is -3.54. The molecule has 0 aliphatic heterocycles. The summed E-state index contributed by atoms with van der Waals surface area (Å²) in [5.41, 5.74) is 1.52. The molecule has 0 heterocycles. The van der Waals surface area contributed by atoms with E-state index in [0.29, 0.717) is 31.6 Å². The summed E-state index contributed by atoms with van der Waals surface area (Å²) in [7, 11) is -3.54. The van der Waals surface area contributed by atoms with Crippen molar-refractivity contribution in [2.24, 2.45) is 0 Å². The molecule has 0 saturated heterocycles. The fourth-order valence-electron chi connectivity index (χ4n) is 3.84. The van der Waals surface area contributed by atoms with Crippen LogP contribution in [0.3, 0.4) is 0 Å². The lowest BCUT2D eigenvalue weighted by atomic mass is 10.1. The Balaban J connectivity index is 1.61. The summed E-state index contributed by atoms with van der Waals surface area (Å²) in [6.07, 6.45) is 3.01. The van der Waals surface area contributed by atoms with Crippen molar-refractivity contribution in [3.8, 4) is 0 Å². The van der Waals surface area contributed by atoms with Gasteiger partial charge in [-0.3, -0.25) is 9.59 Å². The van der Waals surface area contributed by atoms with Crippen molar-refractivity contribution in [1.29, 1.82) is 0 Å². The Morgan fingerprint density at radius 2 is 1.66 bits per heavy atom. The first-order valence-electron chi connectivity index (χ1n) is 13.1. The lowest BCUT2D eigenvalue weighted by molar-refractivity contribution is -0.140. The lowest BCUT2D eigenvalue weighted by Crippen LogP contribution is -2.48. The van der Waals surface area contributed by atoms with E-state index in [9.17, 15) is 22.4 Å². The number of carbonyl (C=O) groups is 2. The molecule has 10 heteroatoms. The van der Waals surface area contributed by atoms with Crippen molar-refractivity contribution < 1.29 is 27.1 Å². The van der Waals surface area contributed by atoms with Crippen LogP contribution in [-0.2, 0) is 37.3 Å². The Hall–Kier alpha value is -2.82. The van der Waals surface area contributed by atoms with Crippen LogP contribution < -0.4 is 10.0 Å². The van der Waals surface area contributed by atoms with Crippen molar-refractivity contribution in [1.82, 2.24) is 14.9 Å². The van der Waals surface area contributed by atoms with Crippen LogP contribution in [0.2, 0.25) is 0 Å². The van der Waals surface area contributed by atoms with Crippen LogP contribution in [0.25, 0.3) is 0 Å². The molecule has 2 aromatic rings. The number of sulfonamides is 1. The van der Waals surface area contributed by atoms with Gasteiger partial charge in [0.05, 0.1) is 11.0 Å². The number of ether oxygens (including phenoxy) is 1. The Morgan fingerprint density at radius 1 is 1.03 bits per heavy atom. The van der Waals surface area contributed by atoms with Crippen molar-refractivity contribution in [3.63, 3.8) is 0 Å². The zero-order valence-corrected chi connectivity index (χ0v) is 23.1. The minimum Gasteiger partial charge on any atom is -0.379 e. The molecule has 1 aliphatic carbocycles. The minimum absolute atomic E-state index is 0.0250. The number of nitrogens with zero attached hydrogens (tertiary/aromatic N) is 1. The highest BCUT2D eigenvalue weighted by molar-refractivity contribution is 7.89. The van der Waals surface area contributed by atoms with Crippen LogP contribution in [0.1, 0.15) is 57.6 Å². The van der Waals surface area contributed by atoms with E-state index in [4.69, 9.17) is 4.74 Å². The van der Waals surface area contributed by atoms with E-state index in [1.165, 1.54) is 17.0 Å². The summed E-state index contributed by atoms with van der Waals surface area (Å²) in [6, 6.07) is 11.6. The van der Waals surface area contributed by atoms with E-state index >= 15 is 0 Å². The quantitative estimate of drug-likeness (QED) is 0.332. The molecule has 0 unspecified atom stereocenters. The smallest absolute Gasteiger partial charge is 0.242 e. The Bertz CT molecular complexity index is 1170. The molecule has 2 aromatic carbocycles. The van der Waals surface area contributed by atoms with Gasteiger partial charge in [0.25, 0.3) is 0 Å². The molecule has 2 N–H and O–H groups in total. The highest BCUT2D eigenvalue weighted by Gasteiger charge is 2.28. The van der Waals surface area contributed by atoms with E-state index in [1.807, 2.05) is 13.8 Å². The molecule has 1 saturated carbocycles. The maximum absolute atomic E-state index is 13.4. The third kappa shape index (κ3) is 9.49. The molecule has 1 aliphatic rings. The van der Waals surface area contributed by atoms with Gasteiger partial charge in [-0.1, -0.05) is 24.3 Å². The standard InChI is InChI=1S/C28H38FN3O5S/c1-20(2)37-18-4-17-30-28(34)21(3)32(19-23-5-10-24(29)11-6-23)27(33)16-9-22-7-14-26(15-8-22)38(35,36)31-25-12-13-25/h5-8,10-11,14-15,20-21,25,31H,4,9,12-13,16-19H2,1-3H3,(H,30,34)/t21-/m0/s1.